The third-order valence-corrected chi connectivity index (χ3v) is 6.92. The van der Waals surface area contributed by atoms with Gasteiger partial charge in [-0.15, -0.1) is 0 Å². The molecule has 3 aliphatic heterocycles. The highest BCUT2D eigenvalue weighted by Gasteiger charge is 2.49. The zero-order valence-corrected chi connectivity index (χ0v) is 16.9. The number of rotatable bonds is 3. The molecule has 0 N–H and O–H groups in total. The summed E-state index contributed by atoms with van der Waals surface area (Å²) in [5, 5.41) is 0.527. The molecule has 0 saturated carbocycles. The molecule has 1 aromatic carbocycles. The zero-order chi connectivity index (χ0) is 20.0. The fourth-order valence-electron chi connectivity index (χ4n) is 5.58. The molecule has 3 saturated heterocycles. The van der Waals surface area contributed by atoms with Gasteiger partial charge in [0.2, 0.25) is 11.9 Å². The van der Waals surface area contributed by atoms with Crippen LogP contribution in [0.5, 0.6) is 0 Å². The van der Waals surface area contributed by atoms with Crippen LogP contribution in [0.15, 0.2) is 36.7 Å². The minimum Gasteiger partial charge on any atom is -0.340 e. The van der Waals surface area contributed by atoms with E-state index in [9.17, 15) is 9.18 Å². The monoisotopic (exact) mass is 414 g/mol. The van der Waals surface area contributed by atoms with Gasteiger partial charge in [0, 0.05) is 31.6 Å². The van der Waals surface area contributed by atoms with Crippen LogP contribution in [-0.2, 0) is 11.2 Å². The molecule has 4 heterocycles. The molecule has 2 bridgehead atoms. The highest BCUT2D eigenvalue weighted by molar-refractivity contribution is 6.30. The average Bonchev–Trinajstić information content (AvgIpc) is 2.72. The molecule has 1 aromatic heterocycles. The van der Waals surface area contributed by atoms with Crippen LogP contribution in [0.1, 0.15) is 31.2 Å². The molecule has 29 heavy (non-hydrogen) atoms. The van der Waals surface area contributed by atoms with Gasteiger partial charge in [-0.25, -0.2) is 14.4 Å². The van der Waals surface area contributed by atoms with Crippen molar-refractivity contribution in [2.24, 2.45) is 11.8 Å². The molecule has 152 valence electrons. The van der Waals surface area contributed by atoms with Gasteiger partial charge < -0.3 is 9.80 Å². The maximum absolute atomic E-state index is 13.8. The highest BCUT2D eigenvalue weighted by atomic mass is 35.5. The lowest BCUT2D eigenvalue weighted by atomic mass is 9.71. The zero-order valence-electron chi connectivity index (χ0n) is 16.2. The largest absolute Gasteiger partial charge is 0.340 e. The molecule has 0 spiro atoms. The lowest BCUT2D eigenvalue weighted by Gasteiger charge is -2.56. The van der Waals surface area contributed by atoms with Gasteiger partial charge in [-0.3, -0.25) is 4.79 Å². The number of aromatic nitrogens is 2. The number of halogens is 2. The molecular weight excluding hydrogens is 391 g/mol. The molecule has 2 aromatic rings. The van der Waals surface area contributed by atoms with Crippen molar-refractivity contribution < 1.29 is 9.18 Å². The Morgan fingerprint density at radius 1 is 1.17 bits per heavy atom. The lowest BCUT2D eigenvalue weighted by Crippen LogP contribution is -2.65. The van der Waals surface area contributed by atoms with Crippen molar-refractivity contribution in [1.82, 2.24) is 14.9 Å². The standard InChI is InChI=1S/C22H24ClFN4O/c23-17-10-25-22(26-11-17)27-12-15-9-16(13-27)20(8-14-3-1-4-18(24)7-14)28-19(15)5-2-6-21(28)29/h1,3-4,7,10-11,15-16,19-20H,2,5-6,8-9,12-13H2/t15-,16+,19+,20+/m1/s1. The topological polar surface area (TPSA) is 49.3 Å². The summed E-state index contributed by atoms with van der Waals surface area (Å²) in [6, 6.07) is 7.11. The molecule has 5 nitrogen and oxygen atoms in total. The molecule has 3 aliphatic rings. The summed E-state index contributed by atoms with van der Waals surface area (Å²) in [7, 11) is 0. The lowest BCUT2D eigenvalue weighted by molar-refractivity contribution is -0.148. The molecule has 3 fully saturated rings. The molecular formula is C22H24ClFN4O. The second-order valence-corrected chi connectivity index (χ2v) is 8.96. The quantitative estimate of drug-likeness (QED) is 0.768. The number of anilines is 1. The van der Waals surface area contributed by atoms with Gasteiger partial charge in [0.05, 0.1) is 17.4 Å². The van der Waals surface area contributed by atoms with Crippen LogP contribution in [0.4, 0.5) is 10.3 Å². The van der Waals surface area contributed by atoms with Crippen LogP contribution >= 0.6 is 11.6 Å². The van der Waals surface area contributed by atoms with Crippen LogP contribution in [0.3, 0.4) is 0 Å². The average molecular weight is 415 g/mol. The number of carbonyl (C=O) groups is 1. The Kier molecular flexibility index (Phi) is 4.90. The Labute approximate surface area is 174 Å². The number of benzene rings is 1. The number of carbonyl (C=O) groups excluding carboxylic acids is 1. The van der Waals surface area contributed by atoms with E-state index in [1.807, 2.05) is 6.07 Å². The maximum atomic E-state index is 13.8. The number of hydrogen-bond donors (Lipinski definition) is 0. The van der Waals surface area contributed by atoms with Gasteiger partial charge in [-0.1, -0.05) is 23.7 Å². The number of piperidine rings is 3. The minimum absolute atomic E-state index is 0.0842. The molecule has 0 aliphatic carbocycles. The Morgan fingerprint density at radius 2 is 1.97 bits per heavy atom. The third-order valence-electron chi connectivity index (χ3n) is 6.72. The highest BCUT2D eigenvalue weighted by Crippen LogP contribution is 2.43. The molecule has 7 heteroatoms. The van der Waals surface area contributed by atoms with Crippen LogP contribution in [0.2, 0.25) is 5.02 Å². The van der Waals surface area contributed by atoms with Gasteiger partial charge in [0.1, 0.15) is 5.82 Å². The van der Waals surface area contributed by atoms with Crippen molar-refractivity contribution in [1.29, 1.82) is 0 Å². The summed E-state index contributed by atoms with van der Waals surface area (Å²) in [6.07, 6.45) is 7.66. The molecule has 4 atom stereocenters. The van der Waals surface area contributed by atoms with Crippen molar-refractivity contribution >= 4 is 23.5 Å². The SMILES string of the molecule is O=C1CCC[C@H]2[C@@H]3C[C@@H](CN(c4ncc(Cl)cn4)C3)[C@H](Cc3cccc(F)c3)N12. The van der Waals surface area contributed by atoms with Gasteiger partial charge >= 0.3 is 0 Å². The van der Waals surface area contributed by atoms with Crippen LogP contribution in [-0.4, -0.2) is 45.9 Å². The van der Waals surface area contributed by atoms with Crippen molar-refractivity contribution in [3.63, 3.8) is 0 Å². The van der Waals surface area contributed by atoms with E-state index >= 15 is 0 Å². The Bertz CT molecular complexity index is 908. The van der Waals surface area contributed by atoms with E-state index in [-0.39, 0.29) is 23.8 Å². The van der Waals surface area contributed by atoms with Crippen molar-refractivity contribution in [3.8, 4) is 0 Å². The number of fused-ring (bicyclic) bond motifs is 4. The maximum Gasteiger partial charge on any atom is 0.225 e. The second-order valence-electron chi connectivity index (χ2n) is 8.52. The van der Waals surface area contributed by atoms with Crippen LogP contribution in [0.25, 0.3) is 0 Å². The predicted octanol–water partition coefficient (Wildman–Crippen LogP) is 3.72. The first-order valence-corrected chi connectivity index (χ1v) is 10.7. The molecule has 1 amide bonds. The summed E-state index contributed by atoms with van der Waals surface area (Å²) in [5.41, 5.74) is 0.949. The summed E-state index contributed by atoms with van der Waals surface area (Å²) in [6.45, 7) is 1.66. The van der Waals surface area contributed by atoms with E-state index in [0.29, 0.717) is 35.6 Å². The summed E-state index contributed by atoms with van der Waals surface area (Å²) in [4.78, 5) is 26.2. The van der Waals surface area contributed by atoms with Crippen LogP contribution < -0.4 is 4.90 Å². The van der Waals surface area contributed by atoms with Gasteiger partial charge in [-0.2, -0.15) is 0 Å². The first-order chi connectivity index (χ1) is 14.1. The van der Waals surface area contributed by atoms with Gasteiger partial charge in [0.15, 0.2) is 0 Å². The molecule has 0 radical (unpaired) electrons. The fraction of sp³-hybridized carbons (Fsp3) is 0.500. The first kappa shape index (κ1) is 18.8. The fourth-order valence-corrected chi connectivity index (χ4v) is 5.67. The molecule has 5 rings (SSSR count). The van der Waals surface area contributed by atoms with E-state index in [1.165, 1.54) is 6.07 Å². The number of hydrogen-bond acceptors (Lipinski definition) is 4. The van der Waals surface area contributed by atoms with Crippen molar-refractivity contribution in [2.45, 2.75) is 44.2 Å². The first-order valence-electron chi connectivity index (χ1n) is 10.4. The summed E-state index contributed by atoms with van der Waals surface area (Å²) < 4.78 is 13.8. The number of amides is 1. The van der Waals surface area contributed by atoms with Gasteiger partial charge in [-0.05, 0) is 55.2 Å². The van der Waals surface area contributed by atoms with Gasteiger partial charge in [0.25, 0.3) is 0 Å². The second kappa shape index (κ2) is 7.56. The number of nitrogens with zero attached hydrogens (tertiary/aromatic N) is 4. The van der Waals surface area contributed by atoms with Crippen molar-refractivity contribution in [3.05, 3.63) is 53.1 Å². The van der Waals surface area contributed by atoms with E-state index in [2.05, 4.69) is 19.8 Å². The van der Waals surface area contributed by atoms with E-state index in [4.69, 9.17) is 11.6 Å². The Balaban J connectivity index is 1.46. The van der Waals surface area contributed by atoms with E-state index in [1.54, 1.807) is 24.5 Å². The van der Waals surface area contributed by atoms with Crippen molar-refractivity contribution in [2.75, 3.05) is 18.0 Å². The van der Waals surface area contributed by atoms with Crippen LogP contribution in [0, 0.1) is 17.7 Å². The molecule has 0 unspecified atom stereocenters. The summed E-state index contributed by atoms with van der Waals surface area (Å²) in [5.74, 6) is 1.46. The van der Waals surface area contributed by atoms with E-state index in [0.717, 1.165) is 37.9 Å². The Morgan fingerprint density at radius 3 is 2.76 bits per heavy atom. The normalized spacial score (nSPS) is 29.0. The third kappa shape index (κ3) is 3.59. The smallest absolute Gasteiger partial charge is 0.225 e. The summed E-state index contributed by atoms with van der Waals surface area (Å²) >= 11 is 5.96. The van der Waals surface area contributed by atoms with E-state index < -0.39 is 0 Å². The minimum atomic E-state index is -0.224. The Hall–Kier alpha value is -2.21. The predicted molar refractivity (Wildman–Crippen MR) is 109 cm³/mol.